The van der Waals surface area contributed by atoms with E-state index in [0.29, 0.717) is 18.9 Å². The Balaban J connectivity index is 1.75. The zero-order valence-electron chi connectivity index (χ0n) is 12.4. The van der Waals surface area contributed by atoms with Gasteiger partial charge < -0.3 is 9.64 Å². The van der Waals surface area contributed by atoms with Crippen LogP contribution in [0, 0.1) is 10.8 Å². The largest absolute Gasteiger partial charge is 0.473 e. The highest BCUT2D eigenvalue weighted by atomic mass is 16.5. The van der Waals surface area contributed by atoms with Gasteiger partial charge in [-0.25, -0.2) is 0 Å². The van der Waals surface area contributed by atoms with Gasteiger partial charge in [-0.1, -0.05) is 13.8 Å². The van der Waals surface area contributed by atoms with Crippen LogP contribution in [0.4, 0.5) is 0 Å². The summed E-state index contributed by atoms with van der Waals surface area (Å²) < 4.78 is 6.15. The maximum absolute atomic E-state index is 12.6. The molecule has 4 aliphatic rings. The standard InChI is InChI=1S/C16H21NO3/c1-15(2)6-10(18)13-11(7-15)20-14-16(13,3)8-12(19)17(14)9-4-5-9/h9,14H,4-8H2,1-3H3/t14?,16-/m0/s1. The molecule has 0 radical (unpaired) electrons. The summed E-state index contributed by atoms with van der Waals surface area (Å²) in [7, 11) is 0. The molecule has 2 aliphatic heterocycles. The van der Waals surface area contributed by atoms with Gasteiger partial charge in [-0.15, -0.1) is 0 Å². The first-order valence-electron chi connectivity index (χ1n) is 7.56. The van der Waals surface area contributed by atoms with E-state index in [0.717, 1.165) is 30.6 Å². The summed E-state index contributed by atoms with van der Waals surface area (Å²) in [5, 5.41) is 0. The SMILES string of the molecule is CC1(C)CC(=O)C2=C(C1)OC1N(C3CC3)C(=O)C[C@@]21C. The van der Waals surface area contributed by atoms with Crippen molar-refractivity contribution in [2.75, 3.05) is 0 Å². The number of ether oxygens (including phenoxy) is 1. The highest BCUT2D eigenvalue weighted by Gasteiger charge is 2.62. The second-order valence-electron chi connectivity index (χ2n) is 7.84. The predicted octanol–water partition coefficient (Wildman–Crippen LogP) is 2.39. The molecule has 2 fully saturated rings. The third-order valence-corrected chi connectivity index (χ3v) is 5.21. The van der Waals surface area contributed by atoms with Gasteiger partial charge in [-0.2, -0.15) is 0 Å². The molecule has 4 heteroatoms. The van der Waals surface area contributed by atoms with Crippen LogP contribution in [0.2, 0.25) is 0 Å². The minimum atomic E-state index is -0.414. The summed E-state index contributed by atoms with van der Waals surface area (Å²) in [5.41, 5.74) is 0.375. The second kappa shape index (κ2) is 3.46. The molecule has 2 atom stereocenters. The maximum atomic E-state index is 12.6. The quantitative estimate of drug-likeness (QED) is 0.738. The third-order valence-electron chi connectivity index (χ3n) is 5.21. The van der Waals surface area contributed by atoms with Gasteiger partial charge in [0.05, 0.1) is 5.41 Å². The van der Waals surface area contributed by atoms with Crippen LogP contribution in [-0.2, 0) is 14.3 Å². The van der Waals surface area contributed by atoms with E-state index in [1.807, 2.05) is 11.8 Å². The van der Waals surface area contributed by atoms with Crippen LogP contribution in [0.3, 0.4) is 0 Å². The number of nitrogens with zero attached hydrogens (tertiary/aromatic N) is 1. The van der Waals surface area contributed by atoms with Crippen LogP contribution >= 0.6 is 0 Å². The van der Waals surface area contributed by atoms with E-state index in [9.17, 15) is 9.59 Å². The number of likely N-dealkylation sites (tertiary alicyclic amines) is 1. The van der Waals surface area contributed by atoms with Crippen molar-refractivity contribution in [3.63, 3.8) is 0 Å². The molecule has 0 aromatic heterocycles. The number of ketones is 1. The molecule has 1 unspecified atom stereocenters. The Kier molecular flexibility index (Phi) is 2.15. The smallest absolute Gasteiger partial charge is 0.226 e. The third kappa shape index (κ3) is 1.48. The van der Waals surface area contributed by atoms with Gasteiger partial charge in [-0.3, -0.25) is 9.59 Å². The lowest BCUT2D eigenvalue weighted by atomic mass is 9.69. The topological polar surface area (TPSA) is 46.6 Å². The molecule has 1 amide bonds. The Morgan fingerprint density at radius 2 is 1.80 bits per heavy atom. The van der Waals surface area contributed by atoms with E-state index in [1.54, 1.807) is 0 Å². The average molecular weight is 275 g/mol. The summed E-state index contributed by atoms with van der Waals surface area (Å²) in [5.74, 6) is 1.20. The molecular formula is C16H21NO3. The highest BCUT2D eigenvalue weighted by Crippen LogP contribution is 2.57. The first-order valence-corrected chi connectivity index (χ1v) is 7.56. The van der Waals surface area contributed by atoms with Crippen molar-refractivity contribution in [2.24, 2.45) is 10.8 Å². The normalized spacial score (nSPS) is 39.0. The Bertz CT molecular complexity index is 558. The molecule has 108 valence electrons. The number of rotatable bonds is 1. The summed E-state index contributed by atoms with van der Waals surface area (Å²) in [6.45, 7) is 6.26. The summed E-state index contributed by atoms with van der Waals surface area (Å²) >= 11 is 0. The average Bonchev–Trinajstić information content (AvgIpc) is 3.00. The number of carbonyl (C=O) groups excluding carboxylic acids is 2. The van der Waals surface area contributed by atoms with Gasteiger partial charge in [0, 0.05) is 30.9 Å². The number of amides is 1. The van der Waals surface area contributed by atoms with Gasteiger partial charge in [0.15, 0.2) is 12.0 Å². The fourth-order valence-corrected chi connectivity index (χ4v) is 4.21. The fraction of sp³-hybridized carbons (Fsp3) is 0.750. The summed E-state index contributed by atoms with van der Waals surface area (Å²) in [6, 6.07) is 0.346. The summed E-state index contributed by atoms with van der Waals surface area (Å²) in [6.07, 6.45) is 3.73. The Morgan fingerprint density at radius 1 is 1.10 bits per heavy atom. The molecule has 4 rings (SSSR count). The Hall–Kier alpha value is -1.32. The minimum Gasteiger partial charge on any atom is -0.473 e. The zero-order valence-corrected chi connectivity index (χ0v) is 12.4. The van der Waals surface area contributed by atoms with Gasteiger partial charge in [-0.05, 0) is 25.2 Å². The number of Topliss-reactive ketones (excluding diaryl/α,β-unsaturated/α-hetero) is 1. The molecule has 0 aromatic carbocycles. The minimum absolute atomic E-state index is 0.0284. The Morgan fingerprint density at radius 3 is 2.45 bits per heavy atom. The zero-order chi connectivity index (χ0) is 14.3. The van der Waals surface area contributed by atoms with E-state index >= 15 is 0 Å². The van der Waals surface area contributed by atoms with Crippen molar-refractivity contribution in [2.45, 2.75) is 65.1 Å². The molecule has 2 aliphatic carbocycles. The van der Waals surface area contributed by atoms with Crippen LogP contribution in [0.25, 0.3) is 0 Å². The van der Waals surface area contributed by atoms with Gasteiger partial charge in [0.25, 0.3) is 0 Å². The monoisotopic (exact) mass is 275 g/mol. The van der Waals surface area contributed by atoms with E-state index < -0.39 is 5.41 Å². The molecule has 1 saturated carbocycles. The first-order chi connectivity index (χ1) is 9.32. The van der Waals surface area contributed by atoms with Crippen molar-refractivity contribution in [3.05, 3.63) is 11.3 Å². The first kappa shape index (κ1) is 12.4. The molecule has 2 heterocycles. The maximum Gasteiger partial charge on any atom is 0.226 e. The van der Waals surface area contributed by atoms with Crippen molar-refractivity contribution in [1.82, 2.24) is 4.90 Å². The molecule has 0 spiro atoms. The molecule has 1 saturated heterocycles. The van der Waals surface area contributed by atoms with Crippen LogP contribution < -0.4 is 0 Å². The molecule has 0 aromatic rings. The van der Waals surface area contributed by atoms with Crippen molar-refractivity contribution < 1.29 is 14.3 Å². The van der Waals surface area contributed by atoms with Crippen LogP contribution in [-0.4, -0.2) is 28.9 Å². The van der Waals surface area contributed by atoms with Crippen LogP contribution in [0.1, 0.15) is 52.9 Å². The highest BCUT2D eigenvalue weighted by molar-refractivity contribution is 6.01. The molecule has 0 bridgehead atoms. The lowest BCUT2D eigenvalue weighted by Crippen LogP contribution is -2.40. The molecule has 20 heavy (non-hydrogen) atoms. The lowest BCUT2D eigenvalue weighted by Gasteiger charge is -2.30. The van der Waals surface area contributed by atoms with E-state index in [1.165, 1.54) is 0 Å². The fourth-order valence-electron chi connectivity index (χ4n) is 4.21. The van der Waals surface area contributed by atoms with E-state index in [2.05, 4.69) is 13.8 Å². The van der Waals surface area contributed by atoms with Gasteiger partial charge >= 0.3 is 0 Å². The molecule has 4 nitrogen and oxygen atoms in total. The van der Waals surface area contributed by atoms with Gasteiger partial charge in [0.2, 0.25) is 5.91 Å². The number of carbonyl (C=O) groups is 2. The lowest BCUT2D eigenvalue weighted by molar-refractivity contribution is -0.135. The van der Waals surface area contributed by atoms with Crippen LogP contribution in [0.5, 0.6) is 0 Å². The number of hydrogen-bond acceptors (Lipinski definition) is 3. The Labute approximate surface area is 119 Å². The molecular weight excluding hydrogens is 254 g/mol. The van der Waals surface area contributed by atoms with E-state index in [4.69, 9.17) is 4.74 Å². The van der Waals surface area contributed by atoms with E-state index in [-0.39, 0.29) is 23.3 Å². The number of hydrogen-bond donors (Lipinski definition) is 0. The summed E-state index contributed by atoms with van der Waals surface area (Å²) in [4.78, 5) is 26.8. The van der Waals surface area contributed by atoms with Crippen molar-refractivity contribution in [3.8, 4) is 0 Å². The second-order valence-corrected chi connectivity index (χ2v) is 7.84. The number of allylic oxidation sites excluding steroid dienone is 1. The van der Waals surface area contributed by atoms with Gasteiger partial charge in [0.1, 0.15) is 5.76 Å². The molecule has 0 N–H and O–H groups in total. The predicted molar refractivity (Wildman–Crippen MR) is 72.5 cm³/mol. The van der Waals surface area contributed by atoms with Crippen molar-refractivity contribution in [1.29, 1.82) is 0 Å². The van der Waals surface area contributed by atoms with Crippen molar-refractivity contribution >= 4 is 11.7 Å². The van der Waals surface area contributed by atoms with Crippen LogP contribution in [0.15, 0.2) is 11.3 Å². The number of fused-ring (bicyclic) bond motifs is 2.